The van der Waals surface area contributed by atoms with Crippen molar-refractivity contribution in [1.29, 1.82) is 0 Å². The number of rotatable bonds is 16. The molecule has 4 atom stereocenters. The summed E-state index contributed by atoms with van der Waals surface area (Å²) in [5, 5.41) is 10.5. The van der Waals surface area contributed by atoms with Gasteiger partial charge in [0.25, 0.3) is 5.91 Å². The van der Waals surface area contributed by atoms with E-state index in [1.807, 2.05) is 27.7 Å². The van der Waals surface area contributed by atoms with Crippen molar-refractivity contribution >= 4 is 41.4 Å². The number of carbonyl (C=O) groups excluding carboxylic acids is 7. The van der Waals surface area contributed by atoms with Gasteiger partial charge in [-0.15, -0.1) is 0 Å². The highest BCUT2D eigenvalue weighted by atomic mass is 16.5. The highest BCUT2D eigenvalue weighted by Gasteiger charge is 2.48. The zero-order chi connectivity index (χ0) is 40.4. The average molecular weight is 755 g/mol. The van der Waals surface area contributed by atoms with Crippen molar-refractivity contribution in [3.63, 3.8) is 0 Å². The van der Waals surface area contributed by atoms with Gasteiger partial charge in [0.2, 0.25) is 29.4 Å². The lowest BCUT2D eigenvalue weighted by Crippen LogP contribution is -2.58. The third-order valence-electron chi connectivity index (χ3n) is 10.2. The predicted octanol–water partition coefficient (Wildman–Crippen LogP) is 3.50. The number of ether oxygens (including phenoxy) is 1. The van der Waals surface area contributed by atoms with Gasteiger partial charge >= 0.3 is 6.09 Å². The summed E-state index contributed by atoms with van der Waals surface area (Å²) >= 11 is 0. The summed E-state index contributed by atoms with van der Waals surface area (Å²) in [6.45, 7) is 13.8. The minimum absolute atomic E-state index is 0.108. The van der Waals surface area contributed by atoms with Crippen molar-refractivity contribution in [3.8, 4) is 0 Å². The van der Waals surface area contributed by atoms with Gasteiger partial charge in [0.15, 0.2) is 0 Å². The Morgan fingerprint density at radius 1 is 0.907 bits per heavy atom. The van der Waals surface area contributed by atoms with Crippen molar-refractivity contribution < 1.29 is 38.3 Å². The Bertz CT molecular complexity index is 1500. The standard InChI is InChI=1S/C40H62N6O8/c1-10-14-28(33(48)35(50)41-22-30(47)43-31(36(51)45(8)9)26-15-12-11-13-16-26)42-34(49)29-21-40(6,7)24-46(29)37(52)32(44-38(53)54-23-25(2)3)27-17-19-39(4,5)20-18-27/h11-13,15-16,25,27-29,31-32H,10,14,17-24H2,1-9H3,(H,41,50)(H,42,49)(H,43,47)(H,44,53)/t28?,29-,31-,32-/m0/s1. The number of ketones is 1. The van der Waals surface area contributed by atoms with Crippen LogP contribution in [-0.2, 0) is 33.5 Å². The molecule has 3 rings (SSSR count). The molecular formula is C40H62N6O8. The Labute approximate surface area is 320 Å². The molecule has 1 heterocycles. The zero-order valence-corrected chi connectivity index (χ0v) is 33.6. The van der Waals surface area contributed by atoms with Gasteiger partial charge < -0.3 is 35.8 Å². The molecule has 0 aromatic heterocycles. The number of alkyl carbamates (subject to hydrolysis) is 1. The van der Waals surface area contributed by atoms with Crippen molar-refractivity contribution in [1.82, 2.24) is 31.1 Å². The third-order valence-corrected chi connectivity index (χ3v) is 10.2. The molecule has 1 aromatic carbocycles. The minimum atomic E-state index is -1.21. The van der Waals surface area contributed by atoms with Crippen LogP contribution in [0.5, 0.6) is 0 Å². The normalized spacial score (nSPS) is 19.5. The number of hydrogen-bond acceptors (Lipinski definition) is 8. The number of likely N-dealkylation sites (tertiary alicyclic amines) is 1. The number of benzene rings is 1. The van der Waals surface area contributed by atoms with Gasteiger partial charge in [-0.25, -0.2) is 4.79 Å². The van der Waals surface area contributed by atoms with E-state index in [0.29, 0.717) is 18.4 Å². The van der Waals surface area contributed by atoms with E-state index in [4.69, 9.17) is 4.74 Å². The van der Waals surface area contributed by atoms with Crippen molar-refractivity contribution in [2.45, 2.75) is 118 Å². The Kier molecular flexibility index (Phi) is 15.6. The lowest BCUT2D eigenvalue weighted by atomic mass is 9.71. The first-order chi connectivity index (χ1) is 25.2. The molecule has 4 N–H and O–H groups in total. The maximum absolute atomic E-state index is 14.4. The first-order valence-corrected chi connectivity index (χ1v) is 19.2. The summed E-state index contributed by atoms with van der Waals surface area (Å²) in [6.07, 6.45) is 3.43. The van der Waals surface area contributed by atoms with Crippen LogP contribution in [0.4, 0.5) is 4.79 Å². The molecule has 2 aliphatic rings. The predicted molar refractivity (Wildman–Crippen MR) is 204 cm³/mol. The molecule has 0 radical (unpaired) electrons. The fourth-order valence-corrected chi connectivity index (χ4v) is 7.10. The van der Waals surface area contributed by atoms with Crippen LogP contribution in [0.2, 0.25) is 0 Å². The first kappa shape index (κ1) is 43.9. The topological polar surface area (TPSA) is 183 Å². The van der Waals surface area contributed by atoms with Gasteiger partial charge in [-0.3, -0.25) is 28.8 Å². The van der Waals surface area contributed by atoms with Crippen molar-refractivity contribution in [2.24, 2.45) is 22.7 Å². The summed E-state index contributed by atoms with van der Waals surface area (Å²) in [5.41, 5.74) is 0.221. The molecule has 14 heteroatoms. The SMILES string of the molecule is CCCC(NC(=O)[C@@H]1CC(C)(C)CN1C(=O)[C@@H](NC(=O)OCC(C)C)C1CCC(C)(C)CC1)C(=O)C(=O)NCC(=O)N[C@H](C(=O)N(C)C)c1ccccc1. The monoisotopic (exact) mass is 754 g/mol. The largest absolute Gasteiger partial charge is 0.449 e. The van der Waals surface area contributed by atoms with E-state index in [2.05, 4.69) is 35.1 Å². The second-order valence-electron chi connectivity index (χ2n) is 17.0. The van der Waals surface area contributed by atoms with Crippen LogP contribution < -0.4 is 21.3 Å². The molecule has 1 saturated heterocycles. The van der Waals surface area contributed by atoms with Gasteiger partial charge in [-0.05, 0) is 66.8 Å². The van der Waals surface area contributed by atoms with Gasteiger partial charge in [-0.2, -0.15) is 0 Å². The van der Waals surface area contributed by atoms with Gasteiger partial charge in [0, 0.05) is 20.6 Å². The van der Waals surface area contributed by atoms with Crippen LogP contribution in [0.25, 0.3) is 0 Å². The molecule has 1 unspecified atom stereocenters. The number of Topliss-reactive ketones (excluding diaryl/α,β-unsaturated/α-hetero) is 1. The lowest BCUT2D eigenvalue weighted by Gasteiger charge is -2.39. The van der Waals surface area contributed by atoms with E-state index in [1.165, 1.54) is 9.80 Å². The van der Waals surface area contributed by atoms with Gasteiger partial charge in [0.1, 0.15) is 18.1 Å². The summed E-state index contributed by atoms with van der Waals surface area (Å²) in [6, 6.07) is 4.59. The molecule has 0 spiro atoms. The van der Waals surface area contributed by atoms with E-state index in [0.717, 1.165) is 25.7 Å². The van der Waals surface area contributed by atoms with E-state index < -0.39 is 65.7 Å². The van der Waals surface area contributed by atoms with Gasteiger partial charge in [0.05, 0.1) is 19.2 Å². The molecule has 1 aromatic rings. The molecule has 1 saturated carbocycles. The van der Waals surface area contributed by atoms with Crippen LogP contribution in [0.1, 0.15) is 105 Å². The average Bonchev–Trinajstić information content (AvgIpc) is 3.45. The molecule has 0 bridgehead atoms. The van der Waals surface area contributed by atoms with E-state index >= 15 is 0 Å². The molecule has 14 nitrogen and oxygen atoms in total. The fraction of sp³-hybridized carbons (Fsp3) is 0.675. The molecule has 54 heavy (non-hydrogen) atoms. The highest BCUT2D eigenvalue weighted by molar-refractivity contribution is 6.38. The van der Waals surface area contributed by atoms with Crippen LogP contribution in [0.15, 0.2) is 30.3 Å². The van der Waals surface area contributed by atoms with E-state index in [1.54, 1.807) is 51.4 Å². The quantitative estimate of drug-likeness (QED) is 0.185. The third kappa shape index (κ3) is 12.5. The number of likely N-dealkylation sites (N-methyl/N-ethyl adjacent to an activating group) is 1. The Hall–Kier alpha value is -4.49. The minimum Gasteiger partial charge on any atom is -0.449 e. The number of nitrogens with one attached hydrogen (secondary N) is 4. The smallest absolute Gasteiger partial charge is 0.407 e. The summed E-state index contributed by atoms with van der Waals surface area (Å²) < 4.78 is 5.40. The molecule has 2 fully saturated rings. The van der Waals surface area contributed by atoms with Gasteiger partial charge in [-0.1, -0.05) is 85.2 Å². The second kappa shape index (κ2) is 19.2. The fourth-order valence-electron chi connectivity index (χ4n) is 7.10. The number of amides is 6. The first-order valence-electron chi connectivity index (χ1n) is 19.2. The Morgan fingerprint density at radius 2 is 1.54 bits per heavy atom. The van der Waals surface area contributed by atoms with E-state index in [9.17, 15) is 33.6 Å². The Balaban J connectivity index is 1.73. The molecule has 6 amide bonds. The number of hydrogen-bond donors (Lipinski definition) is 4. The van der Waals surface area contributed by atoms with Crippen molar-refractivity contribution in [3.05, 3.63) is 35.9 Å². The zero-order valence-electron chi connectivity index (χ0n) is 33.6. The lowest BCUT2D eigenvalue weighted by molar-refractivity contribution is -0.143. The van der Waals surface area contributed by atoms with Crippen LogP contribution in [-0.4, -0.2) is 103 Å². The summed E-state index contributed by atoms with van der Waals surface area (Å²) in [4.78, 5) is 96.3. The Morgan fingerprint density at radius 3 is 2.11 bits per heavy atom. The number of carbonyl (C=O) groups is 7. The maximum Gasteiger partial charge on any atom is 0.407 e. The maximum atomic E-state index is 14.4. The van der Waals surface area contributed by atoms with E-state index in [-0.39, 0.29) is 48.6 Å². The second-order valence-corrected chi connectivity index (χ2v) is 17.0. The molecule has 300 valence electrons. The summed E-state index contributed by atoms with van der Waals surface area (Å²) in [5.74, 6) is -4.06. The summed E-state index contributed by atoms with van der Waals surface area (Å²) in [7, 11) is 3.12. The van der Waals surface area contributed by atoms with Crippen LogP contribution in [0.3, 0.4) is 0 Å². The van der Waals surface area contributed by atoms with Crippen LogP contribution in [0, 0.1) is 22.7 Å². The highest BCUT2D eigenvalue weighted by Crippen LogP contribution is 2.41. The number of nitrogens with zero attached hydrogens (tertiary/aromatic N) is 2. The van der Waals surface area contributed by atoms with Crippen LogP contribution >= 0.6 is 0 Å². The van der Waals surface area contributed by atoms with Crippen molar-refractivity contribution in [2.75, 3.05) is 33.8 Å². The molecule has 1 aliphatic heterocycles. The molecule has 1 aliphatic carbocycles. The molecular weight excluding hydrogens is 692 g/mol.